The number of aryl methyl sites for hydroxylation is 1. The van der Waals surface area contributed by atoms with Crippen molar-refractivity contribution in [3.63, 3.8) is 0 Å². The lowest BCUT2D eigenvalue weighted by atomic mass is 10.1. The van der Waals surface area contributed by atoms with Gasteiger partial charge in [0.15, 0.2) is 0 Å². The summed E-state index contributed by atoms with van der Waals surface area (Å²) in [6.45, 7) is 3.39. The topological polar surface area (TPSA) is 21.3 Å². The van der Waals surface area contributed by atoms with Crippen molar-refractivity contribution < 1.29 is 4.74 Å². The fourth-order valence-corrected chi connectivity index (χ4v) is 2.76. The van der Waals surface area contributed by atoms with Crippen LogP contribution in [0.25, 0.3) is 0 Å². The van der Waals surface area contributed by atoms with Gasteiger partial charge in [0.25, 0.3) is 0 Å². The predicted octanol–water partition coefficient (Wildman–Crippen LogP) is 5.04. The van der Waals surface area contributed by atoms with E-state index >= 15 is 0 Å². The second kappa shape index (κ2) is 8.45. The van der Waals surface area contributed by atoms with E-state index in [1.165, 1.54) is 11.1 Å². The Bertz CT molecular complexity index is 828. The normalized spacial score (nSPS) is 10.3. The molecule has 0 saturated heterocycles. The molecule has 0 amide bonds. The molecule has 0 bridgehead atoms. The van der Waals surface area contributed by atoms with E-state index in [-0.39, 0.29) is 0 Å². The lowest BCUT2D eigenvalue weighted by Crippen LogP contribution is -2.21. The maximum absolute atomic E-state index is 5.81. The minimum atomic E-state index is 0.566. The van der Waals surface area contributed by atoms with E-state index in [1.54, 1.807) is 0 Å². The first-order valence-electron chi connectivity index (χ1n) is 8.31. The molecule has 2 nitrogen and oxygen atoms in total. The van der Waals surface area contributed by atoms with Gasteiger partial charge in [0.1, 0.15) is 17.3 Å². The van der Waals surface area contributed by atoms with Crippen molar-refractivity contribution in [2.24, 2.45) is 0 Å². The summed E-state index contributed by atoms with van der Waals surface area (Å²) >= 11 is 5.49. The summed E-state index contributed by atoms with van der Waals surface area (Å²) in [7, 11) is 0. The van der Waals surface area contributed by atoms with Crippen LogP contribution in [0.5, 0.6) is 5.75 Å². The first-order chi connectivity index (χ1) is 12.2. The summed E-state index contributed by atoms with van der Waals surface area (Å²) in [4.78, 5) is 0.746. The molecule has 3 aromatic rings. The third-order valence-corrected chi connectivity index (χ3v) is 4.28. The van der Waals surface area contributed by atoms with Crippen LogP contribution in [0.15, 0.2) is 78.9 Å². The summed E-state index contributed by atoms with van der Waals surface area (Å²) in [5, 5.41) is 3.31. The molecule has 0 radical (unpaired) electrons. The van der Waals surface area contributed by atoms with Crippen molar-refractivity contribution in [2.75, 3.05) is 0 Å². The number of hydrogen-bond donors (Lipinski definition) is 1. The molecule has 0 aliphatic rings. The van der Waals surface area contributed by atoms with E-state index in [4.69, 9.17) is 17.0 Å². The molecule has 0 aliphatic carbocycles. The van der Waals surface area contributed by atoms with Crippen molar-refractivity contribution in [1.82, 2.24) is 5.32 Å². The van der Waals surface area contributed by atoms with Crippen molar-refractivity contribution in [3.05, 3.63) is 101 Å². The minimum Gasteiger partial charge on any atom is -0.489 e. The fourth-order valence-electron chi connectivity index (χ4n) is 2.55. The Hall–Kier alpha value is -2.65. The molecule has 1 N–H and O–H groups in total. The molecule has 126 valence electrons. The van der Waals surface area contributed by atoms with Gasteiger partial charge in [-0.05, 0) is 42.3 Å². The highest BCUT2D eigenvalue weighted by Crippen LogP contribution is 2.15. The van der Waals surface area contributed by atoms with Crippen LogP contribution in [0.3, 0.4) is 0 Å². The summed E-state index contributed by atoms with van der Waals surface area (Å²) < 4.78 is 5.81. The van der Waals surface area contributed by atoms with Gasteiger partial charge in [0.05, 0.1) is 0 Å². The van der Waals surface area contributed by atoms with E-state index < -0.39 is 0 Å². The first kappa shape index (κ1) is 17.2. The molecule has 0 atom stereocenters. The van der Waals surface area contributed by atoms with Crippen LogP contribution in [-0.4, -0.2) is 4.99 Å². The highest BCUT2D eigenvalue weighted by atomic mass is 32.1. The van der Waals surface area contributed by atoms with E-state index in [0.717, 1.165) is 28.4 Å². The van der Waals surface area contributed by atoms with Crippen LogP contribution in [0.1, 0.15) is 22.3 Å². The average molecular weight is 347 g/mol. The number of nitrogens with one attached hydrogen (secondary N) is 1. The molecular formula is C22H21NOS. The first-order valence-corrected chi connectivity index (χ1v) is 8.72. The quantitative estimate of drug-likeness (QED) is 0.631. The van der Waals surface area contributed by atoms with Crippen molar-refractivity contribution in [1.29, 1.82) is 0 Å². The predicted molar refractivity (Wildman–Crippen MR) is 107 cm³/mol. The van der Waals surface area contributed by atoms with Crippen LogP contribution in [0.4, 0.5) is 0 Å². The molecule has 25 heavy (non-hydrogen) atoms. The van der Waals surface area contributed by atoms with Gasteiger partial charge in [-0.15, -0.1) is 0 Å². The Balaban J connectivity index is 1.53. The lowest BCUT2D eigenvalue weighted by Gasteiger charge is -2.10. The van der Waals surface area contributed by atoms with Gasteiger partial charge in [-0.3, -0.25) is 0 Å². The Morgan fingerprint density at radius 1 is 0.880 bits per heavy atom. The molecule has 0 unspecified atom stereocenters. The van der Waals surface area contributed by atoms with Gasteiger partial charge in [-0.1, -0.05) is 72.4 Å². The molecule has 0 saturated carbocycles. The standard InChI is InChI=1S/C22H21NOS/c1-17-6-5-9-19(14-17)15-23-22(25)20-10-12-21(13-11-20)24-16-18-7-3-2-4-8-18/h2-14H,15-16H2,1H3,(H,23,25). The number of hydrogen-bond acceptors (Lipinski definition) is 2. The van der Waals surface area contributed by atoms with Gasteiger partial charge >= 0.3 is 0 Å². The smallest absolute Gasteiger partial charge is 0.119 e. The van der Waals surface area contributed by atoms with E-state index in [2.05, 4.69) is 48.6 Å². The third kappa shape index (κ3) is 5.16. The van der Waals surface area contributed by atoms with E-state index in [0.29, 0.717) is 6.61 Å². The van der Waals surface area contributed by atoms with Crippen LogP contribution < -0.4 is 10.1 Å². The average Bonchev–Trinajstić information content (AvgIpc) is 2.66. The largest absolute Gasteiger partial charge is 0.489 e. The second-order valence-electron chi connectivity index (χ2n) is 5.97. The zero-order chi connectivity index (χ0) is 17.5. The Labute approximate surface area is 154 Å². The molecule has 0 aliphatic heterocycles. The molecular weight excluding hydrogens is 326 g/mol. The summed E-state index contributed by atoms with van der Waals surface area (Å²) in [5.41, 5.74) is 4.63. The number of benzene rings is 3. The SMILES string of the molecule is Cc1cccc(CNC(=S)c2ccc(OCc3ccccc3)cc2)c1. The van der Waals surface area contributed by atoms with Gasteiger partial charge in [-0.2, -0.15) is 0 Å². The molecule has 3 heteroatoms. The van der Waals surface area contributed by atoms with Crippen molar-refractivity contribution >= 4 is 17.2 Å². The zero-order valence-electron chi connectivity index (χ0n) is 14.2. The molecule has 3 rings (SSSR count). The van der Waals surface area contributed by atoms with Crippen molar-refractivity contribution in [2.45, 2.75) is 20.1 Å². The second-order valence-corrected chi connectivity index (χ2v) is 6.38. The summed E-state index contributed by atoms with van der Waals surface area (Å²) in [6, 6.07) is 26.5. The summed E-state index contributed by atoms with van der Waals surface area (Å²) in [6.07, 6.45) is 0. The fraction of sp³-hybridized carbons (Fsp3) is 0.136. The van der Waals surface area contributed by atoms with Gasteiger partial charge < -0.3 is 10.1 Å². The number of thiocarbonyl (C=S) groups is 1. The molecule has 0 heterocycles. The Kier molecular flexibility index (Phi) is 5.81. The zero-order valence-corrected chi connectivity index (χ0v) is 15.1. The van der Waals surface area contributed by atoms with E-state index in [9.17, 15) is 0 Å². The Morgan fingerprint density at radius 3 is 2.32 bits per heavy atom. The summed E-state index contributed by atoms with van der Waals surface area (Å²) in [5.74, 6) is 0.842. The molecule has 3 aromatic carbocycles. The van der Waals surface area contributed by atoms with E-state index in [1.807, 2.05) is 42.5 Å². The monoisotopic (exact) mass is 347 g/mol. The lowest BCUT2D eigenvalue weighted by molar-refractivity contribution is 0.306. The van der Waals surface area contributed by atoms with Crippen LogP contribution in [-0.2, 0) is 13.2 Å². The Morgan fingerprint density at radius 2 is 1.60 bits per heavy atom. The highest BCUT2D eigenvalue weighted by molar-refractivity contribution is 7.80. The molecule has 0 fully saturated rings. The van der Waals surface area contributed by atoms with Gasteiger partial charge in [0, 0.05) is 12.1 Å². The maximum Gasteiger partial charge on any atom is 0.119 e. The number of ether oxygens (including phenoxy) is 1. The molecule has 0 aromatic heterocycles. The maximum atomic E-state index is 5.81. The number of rotatable bonds is 6. The highest BCUT2D eigenvalue weighted by Gasteiger charge is 2.02. The minimum absolute atomic E-state index is 0.566. The molecule has 0 spiro atoms. The van der Waals surface area contributed by atoms with Crippen molar-refractivity contribution in [3.8, 4) is 5.75 Å². The van der Waals surface area contributed by atoms with Gasteiger partial charge in [-0.25, -0.2) is 0 Å². The van der Waals surface area contributed by atoms with Crippen LogP contribution in [0, 0.1) is 6.92 Å². The van der Waals surface area contributed by atoms with Gasteiger partial charge in [0.2, 0.25) is 0 Å². The third-order valence-electron chi connectivity index (χ3n) is 3.90. The van der Waals surface area contributed by atoms with Crippen LogP contribution >= 0.6 is 12.2 Å². The van der Waals surface area contributed by atoms with Crippen LogP contribution in [0.2, 0.25) is 0 Å².